The van der Waals surface area contributed by atoms with Gasteiger partial charge in [-0.15, -0.1) is 0 Å². The third-order valence-electron chi connectivity index (χ3n) is 6.21. The van der Waals surface area contributed by atoms with Gasteiger partial charge in [0.25, 0.3) is 10.0 Å². The predicted octanol–water partition coefficient (Wildman–Crippen LogP) is 5.06. The van der Waals surface area contributed by atoms with Gasteiger partial charge < -0.3 is 15.0 Å². The Labute approximate surface area is 239 Å². The van der Waals surface area contributed by atoms with Crippen LogP contribution in [0.3, 0.4) is 0 Å². The highest BCUT2D eigenvalue weighted by Crippen LogP contribution is 2.35. The first-order valence-electron chi connectivity index (χ1n) is 12.2. The van der Waals surface area contributed by atoms with Crippen molar-refractivity contribution in [3.8, 4) is 5.75 Å². The van der Waals surface area contributed by atoms with Gasteiger partial charge in [-0.25, -0.2) is 8.42 Å². The van der Waals surface area contributed by atoms with Crippen molar-refractivity contribution in [2.24, 2.45) is 0 Å². The van der Waals surface area contributed by atoms with Crippen molar-refractivity contribution in [2.75, 3.05) is 25.0 Å². The minimum atomic E-state index is -4.26. The van der Waals surface area contributed by atoms with Crippen LogP contribution in [-0.2, 0) is 26.2 Å². The summed E-state index contributed by atoms with van der Waals surface area (Å²) in [5.74, 6) is -0.385. The van der Waals surface area contributed by atoms with Crippen molar-refractivity contribution in [2.45, 2.75) is 37.8 Å². The number of nitrogens with one attached hydrogen (secondary N) is 1. The lowest BCUT2D eigenvalue weighted by atomic mass is 10.1. The van der Waals surface area contributed by atoms with Gasteiger partial charge in [0.2, 0.25) is 11.8 Å². The molecule has 2 amide bonds. The van der Waals surface area contributed by atoms with Gasteiger partial charge in [0.1, 0.15) is 18.3 Å². The smallest absolute Gasteiger partial charge is 0.264 e. The number of carbonyl (C=O) groups is 2. The molecule has 1 N–H and O–H groups in total. The van der Waals surface area contributed by atoms with Crippen LogP contribution >= 0.6 is 23.2 Å². The Bertz CT molecular complexity index is 1430. The van der Waals surface area contributed by atoms with Gasteiger partial charge in [-0.05, 0) is 55.3 Å². The van der Waals surface area contributed by atoms with E-state index in [1.807, 2.05) is 6.92 Å². The van der Waals surface area contributed by atoms with E-state index < -0.39 is 28.5 Å². The first-order chi connectivity index (χ1) is 18.5. The molecule has 1 atom stereocenters. The molecule has 208 valence electrons. The van der Waals surface area contributed by atoms with E-state index in [9.17, 15) is 18.0 Å². The molecule has 39 heavy (non-hydrogen) atoms. The van der Waals surface area contributed by atoms with Crippen LogP contribution in [0.5, 0.6) is 5.75 Å². The Morgan fingerprint density at radius 1 is 1.03 bits per heavy atom. The Balaban J connectivity index is 2.11. The number of likely N-dealkylation sites (N-methyl/N-ethyl adjacent to an activating group) is 1. The summed E-state index contributed by atoms with van der Waals surface area (Å²) in [5.41, 5.74) is 1.63. The second-order valence-corrected chi connectivity index (χ2v) is 11.5. The highest BCUT2D eigenvalue weighted by molar-refractivity contribution is 7.92. The first kappa shape index (κ1) is 30.3. The Morgan fingerprint density at radius 2 is 1.69 bits per heavy atom. The minimum absolute atomic E-state index is 0.0136. The van der Waals surface area contributed by atoms with Crippen molar-refractivity contribution in [3.05, 3.63) is 87.9 Å². The molecule has 0 heterocycles. The molecule has 3 aromatic carbocycles. The number of aryl methyl sites for hydroxylation is 1. The zero-order chi connectivity index (χ0) is 28.7. The molecular weight excluding hydrogens is 561 g/mol. The molecule has 0 saturated heterocycles. The van der Waals surface area contributed by atoms with E-state index >= 15 is 0 Å². The lowest BCUT2D eigenvalue weighted by Crippen LogP contribution is -2.51. The summed E-state index contributed by atoms with van der Waals surface area (Å²) < 4.78 is 34.0. The number of benzene rings is 3. The molecule has 0 aliphatic rings. The van der Waals surface area contributed by atoms with Crippen molar-refractivity contribution < 1.29 is 22.7 Å². The normalized spacial score (nSPS) is 11.9. The number of methoxy groups -OCH3 is 1. The van der Waals surface area contributed by atoms with E-state index in [0.717, 1.165) is 9.87 Å². The second kappa shape index (κ2) is 13.2. The van der Waals surface area contributed by atoms with Crippen LogP contribution in [0.2, 0.25) is 10.0 Å². The number of carbonyl (C=O) groups excluding carboxylic acids is 2. The summed E-state index contributed by atoms with van der Waals surface area (Å²) in [6.07, 6.45) is 0.304. The largest absolute Gasteiger partial charge is 0.497 e. The van der Waals surface area contributed by atoms with Gasteiger partial charge in [-0.1, -0.05) is 66.0 Å². The number of rotatable bonds is 11. The highest BCUT2D eigenvalue weighted by Gasteiger charge is 2.34. The molecule has 0 fully saturated rings. The number of sulfonamides is 1. The molecule has 0 bridgehead atoms. The van der Waals surface area contributed by atoms with Crippen molar-refractivity contribution in [1.29, 1.82) is 0 Å². The van der Waals surface area contributed by atoms with Gasteiger partial charge in [-0.3, -0.25) is 13.9 Å². The van der Waals surface area contributed by atoms with Crippen molar-refractivity contribution in [3.63, 3.8) is 0 Å². The lowest BCUT2D eigenvalue weighted by molar-refractivity contribution is -0.140. The molecular formula is C28H31Cl2N3O5S. The quantitative estimate of drug-likeness (QED) is 0.336. The molecule has 11 heteroatoms. The van der Waals surface area contributed by atoms with Crippen LogP contribution in [0.15, 0.2) is 71.6 Å². The van der Waals surface area contributed by atoms with E-state index in [1.54, 1.807) is 49.4 Å². The summed E-state index contributed by atoms with van der Waals surface area (Å²) in [5, 5.41) is 2.72. The fraction of sp³-hybridized carbons (Fsp3) is 0.286. The van der Waals surface area contributed by atoms with Crippen LogP contribution in [0.25, 0.3) is 0 Å². The standard InChI is InChI=1S/C28H31Cl2N3O5S/c1-5-24(28(35)31-3)32(17-20-8-6-9-21(16-20)38-4)26(34)18-33(25-11-7-10-23(29)27(25)30)39(36,37)22-14-12-19(2)13-15-22/h6-16,24H,5,17-18H2,1-4H3,(H,31,35)/t24-/m1/s1. The fourth-order valence-electron chi connectivity index (χ4n) is 4.09. The number of nitrogens with zero attached hydrogens (tertiary/aromatic N) is 2. The number of anilines is 1. The van der Waals surface area contributed by atoms with Crippen LogP contribution in [0, 0.1) is 6.92 Å². The Kier molecular flexibility index (Phi) is 10.2. The summed E-state index contributed by atoms with van der Waals surface area (Å²) in [6.45, 7) is 3.05. The topological polar surface area (TPSA) is 96.0 Å². The molecule has 3 aromatic rings. The monoisotopic (exact) mass is 591 g/mol. The maximum Gasteiger partial charge on any atom is 0.264 e. The van der Waals surface area contributed by atoms with Crippen molar-refractivity contribution >= 4 is 50.7 Å². The number of hydrogen-bond acceptors (Lipinski definition) is 5. The van der Waals surface area contributed by atoms with Crippen LogP contribution in [-0.4, -0.2) is 51.9 Å². The van der Waals surface area contributed by atoms with Gasteiger partial charge >= 0.3 is 0 Å². The Morgan fingerprint density at radius 3 is 2.31 bits per heavy atom. The molecule has 0 aromatic heterocycles. The summed E-state index contributed by atoms with van der Waals surface area (Å²) >= 11 is 12.7. The van der Waals surface area contributed by atoms with Gasteiger partial charge in [0.15, 0.2) is 0 Å². The summed E-state index contributed by atoms with van der Waals surface area (Å²) in [4.78, 5) is 28.1. The lowest BCUT2D eigenvalue weighted by Gasteiger charge is -2.33. The molecule has 0 unspecified atom stereocenters. The Hall–Kier alpha value is -3.27. The van der Waals surface area contributed by atoms with Gasteiger partial charge in [-0.2, -0.15) is 0 Å². The molecule has 8 nitrogen and oxygen atoms in total. The van der Waals surface area contributed by atoms with Gasteiger partial charge in [0.05, 0.1) is 27.7 Å². The third kappa shape index (κ3) is 7.03. The van der Waals surface area contributed by atoms with Crippen LogP contribution < -0.4 is 14.4 Å². The summed E-state index contributed by atoms with van der Waals surface area (Å²) in [7, 11) is -1.24. The third-order valence-corrected chi connectivity index (χ3v) is 8.79. The van der Waals surface area contributed by atoms with E-state index in [2.05, 4.69) is 5.32 Å². The molecule has 3 rings (SSSR count). The van der Waals surface area contributed by atoms with Crippen LogP contribution in [0.4, 0.5) is 5.69 Å². The minimum Gasteiger partial charge on any atom is -0.497 e. The molecule has 0 spiro atoms. The van der Waals surface area contributed by atoms with E-state index in [1.165, 1.54) is 43.3 Å². The molecule has 0 saturated carbocycles. The molecule has 0 radical (unpaired) electrons. The number of amides is 2. The number of halogens is 2. The van der Waals surface area contributed by atoms with E-state index in [-0.39, 0.29) is 33.1 Å². The number of hydrogen-bond donors (Lipinski definition) is 1. The second-order valence-electron chi connectivity index (χ2n) is 8.81. The first-order valence-corrected chi connectivity index (χ1v) is 14.4. The van der Waals surface area contributed by atoms with E-state index in [0.29, 0.717) is 17.7 Å². The van der Waals surface area contributed by atoms with E-state index in [4.69, 9.17) is 27.9 Å². The predicted molar refractivity (Wildman–Crippen MR) is 154 cm³/mol. The SMILES string of the molecule is CC[C@H](C(=O)NC)N(Cc1cccc(OC)c1)C(=O)CN(c1cccc(Cl)c1Cl)S(=O)(=O)c1ccc(C)cc1. The number of ether oxygens (including phenoxy) is 1. The molecule has 0 aliphatic heterocycles. The maximum absolute atomic E-state index is 14.0. The highest BCUT2D eigenvalue weighted by atomic mass is 35.5. The maximum atomic E-state index is 14.0. The molecule has 0 aliphatic carbocycles. The zero-order valence-electron chi connectivity index (χ0n) is 22.1. The average Bonchev–Trinajstić information content (AvgIpc) is 2.93. The average molecular weight is 593 g/mol. The van der Waals surface area contributed by atoms with Gasteiger partial charge in [0, 0.05) is 13.6 Å². The van der Waals surface area contributed by atoms with Crippen molar-refractivity contribution in [1.82, 2.24) is 10.2 Å². The fourth-order valence-corrected chi connectivity index (χ4v) is 5.96. The van der Waals surface area contributed by atoms with Crippen LogP contribution in [0.1, 0.15) is 24.5 Å². The summed E-state index contributed by atoms with van der Waals surface area (Å²) in [6, 6.07) is 17.1. The zero-order valence-corrected chi connectivity index (χ0v) is 24.5.